The standard InChI is InChI=1S/C20H16O7/c1-10-5-15(22)19-16(23)8-12(9-18(19)27-10)13(20(24)25)6-11-3-4-14(21)17(7-11)26-2/h3-9,21,23H,1-2H3,(H,24,25)/b13-6+. The van der Waals surface area contributed by atoms with Gasteiger partial charge in [0.1, 0.15) is 22.5 Å². The molecule has 1 aromatic heterocycles. The molecule has 3 aromatic rings. The van der Waals surface area contributed by atoms with Gasteiger partial charge in [-0.15, -0.1) is 0 Å². The molecule has 1 heterocycles. The van der Waals surface area contributed by atoms with Crippen LogP contribution < -0.4 is 10.2 Å². The Labute approximate surface area is 153 Å². The van der Waals surface area contributed by atoms with E-state index in [1.54, 1.807) is 6.92 Å². The molecule has 0 spiro atoms. The van der Waals surface area contributed by atoms with Crippen molar-refractivity contribution in [1.29, 1.82) is 0 Å². The van der Waals surface area contributed by atoms with Crippen LogP contribution in [-0.2, 0) is 4.79 Å². The first-order valence-electron chi connectivity index (χ1n) is 7.90. The molecule has 138 valence electrons. The number of carbonyl (C=O) groups is 1. The Morgan fingerprint density at radius 2 is 1.85 bits per heavy atom. The third-order valence-electron chi connectivity index (χ3n) is 3.99. The van der Waals surface area contributed by atoms with Gasteiger partial charge in [-0.1, -0.05) is 6.07 Å². The van der Waals surface area contributed by atoms with Crippen LogP contribution in [0.1, 0.15) is 16.9 Å². The molecule has 0 atom stereocenters. The zero-order chi connectivity index (χ0) is 19.7. The van der Waals surface area contributed by atoms with Crippen LogP contribution in [0.4, 0.5) is 0 Å². The molecular formula is C20H16O7. The van der Waals surface area contributed by atoms with Crippen molar-refractivity contribution >= 4 is 28.6 Å². The van der Waals surface area contributed by atoms with Gasteiger partial charge in [-0.2, -0.15) is 0 Å². The van der Waals surface area contributed by atoms with Crippen molar-refractivity contribution in [2.24, 2.45) is 0 Å². The van der Waals surface area contributed by atoms with Crippen molar-refractivity contribution in [3.63, 3.8) is 0 Å². The van der Waals surface area contributed by atoms with E-state index in [-0.39, 0.29) is 39.4 Å². The fraction of sp³-hybridized carbons (Fsp3) is 0.100. The molecule has 0 radical (unpaired) electrons. The predicted octanol–water partition coefficient (Wildman–Crippen LogP) is 3.15. The smallest absolute Gasteiger partial charge is 0.336 e. The Balaban J connectivity index is 2.21. The van der Waals surface area contributed by atoms with Crippen LogP contribution in [0.2, 0.25) is 0 Å². The number of rotatable bonds is 4. The lowest BCUT2D eigenvalue weighted by Crippen LogP contribution is -2.03. The second-order valence-electron chi connectivity index (χ2n) is 5.88. The molecule has 0 fully saturated rings. The molecule has 3 N–H and O–H groups in total. The molecule has 0 unspecified atom stereocenters. The Morgan fingerprint density at radius 3 is 2.52 bits per heavy atom. The number of aryl methyl sites for hydroxylation is 1. The zero-order valence-electron chi connectivity index (χ0n) is 14.5. The summed E-state index contributed by atoms with van der Waals surface area (Å²) in [7, 11) is 1.38. The van der Waals surface area contributed by atoms with Gasteiger partial charge in [-0.05, 0) is 48.4 Å². The van der Waals surface area contributed by atoms with Gasteiger partial charge >= 0.3 is 5.97 Å². The van der Waals surface area contributed by atoms with Gasteiger partial charge in [-0.25, -0.2) is 4.79 Å². The maximum Gasteiger partial charge on any atom is 0.336 e. The number of aromatic hydroxyl groups is 2. The quantitative estimate of drug-likeness (QED) is 0.478. The van der Waals surface area contributed by atoms with Gasteiger partial charge in [0, 0.05) is 6.07 Å². The summed E-state index contributed by atoms with van der Waals surface area (Å²) in [5, 5.41) is 29.5. The summed E-state index contributed by atoms with van der Waals surface area (Å²) in [5.41, 5.74) is 0.164. The summed E-state index contributed by atoms with van der Waals surface area (Å²) in [6.07, 6.45) is 1.36. The van der Waals surface area contributed by atoms with Crippen molar-refractivity contribution in [1.82, 2.24) is 0 Å². The average molecular weight is 368 g/mol. The number of hydrogen-bond donors (Lipinski definition) is 3. The molecule has 0 aliphatic rings. The summed E-state index contributed by atoms with van der Waals surface area (Å²) in [4.78, 5) is 23.8. The summed E-state index contributed by atoms with van der Waals surface area (Å²) < 4.78 is 10.5. The van der Waals surface area contributed by atoms with Gasteiger partial charge in [0.25, 0.3) is 0 Å². The van der Waals surface area contributed by atoms with Gasteiger partial charge < -0.3 is 24.5 Å². The first-order valence-corrected chi connectivity index (χ1v) is 7.90. The summed E-state index contributed by atoms with van der Waals surface area (Å²) in [5.74, 6) is -1.15. The van der Waals surface area contributed by atoms with Crippen LogP contribution in [0, 0.1) is 6.92 Å². The maximum absolute atomic E-state index is 12.0. The van der Waals surface area contributed by atoms with Crippen molar-refractivity contribution < 1.29 is 29.3 Å². The summed E-state index contributed by atoms with van der Waals surface area (Å²) in [6.45, 7) is 1.58. The first-order chi connectivity index (χ1) is 12.8. The first kappa shape index (κ1) is 18.1. The topological polar surface area (TPSA) is 117 Å². The second kappa shape index (κ2) is 6.87. The van der Waals surface area contributed by atoms with E-state index in [1.807, 2.05) is 0 Å². The molecule has 0 saturated heterocycles. The molecule has 7 heteroatoms. The van der Waals surface area contributed by atoms with E-state index < -0.39 is 11.4 Å². The molecule has 27 heavy (non-hydrogen) atoms. The number of phenols is 2. The largest absolute Gasteiger partial charge is 0.507 e. The number of carboxylic acid groups (broad SMARTS) is 1. The van der Waals surface area contributed by atoms with E-state index in [4.69, 9.17) is 9.15 Å². The number of ether oxygens (including phenoxy) is 1. The normalized spacial score (nSPS) is 11.6. The maximum atomic E-state index is 12.0. The van der Waals surface area contributed by atoms with Crippen LogP contribution in [0.3, 0.4) is 0 Å². The number of hydrogen-bond acceptors (Lipinski definition) is 6. The molecule has 3 rings (SSSR count). The Bertz CT molecular complexity index is 1140. The molecule has 2 aromatic carbocycles. The molecule has 0 bridgehead atoms. The fourth-order valence-electron chi connectivity index (χ4n) is 2.76. The van der Waals surface area contributed by atoms with Gasteiger partial charge in [0.15, 0.2) is 16.9 Å². The van der Waals surface area contributed by atoms with E-state index in [9.17, 15) is 24.9 Å². The monoisotopic (exact) mass is 368 g/mol. The highest BCUT2D eigenvalue weighted by atomic mass is 16.5. The highest BCUT2D eigenvalue weighted by Gasteiger charge is 2.17. The summed E-state index contributed by atoms with van der Waals surface area (Å²) >= 11 is 0. The average Bonchev–Trinajstić information content (AvgIpc) is 2.59. The zero-order valence-corrected chi connectivity index (χ0v) is 14.5. The molecular weight excluding hydrogens is 352 g/mol. The fourth-order valence-corrected chi connectivity index (χ4v) is 2.76. The molecule has 0 saturated carbocycles. The Hall–Kier alpha value is -3.74. The van der Waals surface area contributed by atoms with Gasteiger partial charge in [-0.3, -0.25) is 4.79 Å². The van der Waals surface area contributed by atoms with E-state index in [0.29, 0.717) is 11.3 Å². The van der Waals surface area contributed by atoms with E-state index in [2.05, 4.69) is 0 Å². The minimum Gasteiger partial charge on any atom is -0.507 e. The lowest BCUT2D eigenvalue weighted by Gasteiger charge is -2.08. The number of fused-ring (bicyclic) bond motifs is 1. The molecule has 0 aliphatic carbocycles. The van der Waals surface area contributed by atoms with Gasteiger partial charge in [0.05, 0.1) is 12.7 Å². The minimum atomic E-state index is -1.24. The third kappa shape index (κ3) is 3.48. The third-order valence-corrected chi connectivity index (χ3v) is 3.99. The van der Waals surface area contributed by atoms with Crippen LogP contribution in [0.5, 0.6) is 17.2 Å². The Morgan fingerprint density at radius 1 is 1.11 bits per heavy atom. The van der Waals surface area contributed by atoms with Crippen LogP contribution in [0.25, 0.3) is 22.6 Å². The van der Waals surface area contributed by atoms with Crippen LogP contribution >= 0.6 is 0 Å². The number of benzene rings is 2. The van der Waals surface area contributed by atoms with Crippen LogP contribution in [0.15, 0.2) is 45.6 Å². The van der Waals surface area contributed by atoms with E-state index in [1.165, 1.54) is 49.6 Å². The van der Waals surface area contributed by atoms with E-state index in [0.717, 1.165) is 0 Å². The van der Waals surface area contributed by atoms with Crippen molar-refractivity contribution in [3.8, 4) is 17.2 Å². The lowest BCUT2D eigenvalue weighted by molar-refractivity contribution is -0.130. The minimum absolute atomic E-state index is 0.0135. The number of carboxylic acids is 1. The highest BCUT2D eigenvalue weighted by molar-refractivity contribution is 6.21. The SMILES string of the molecule is COc1cc(/C=C(/C(=O)O)c2cc(O)c3c(=O)cc(C)oc3c2)ccc1O. The molecule has 7 nitrogen and oxygen atoms in total. The van der Waals surface area contributed by atoms with E-state index >= 15 is 0 Å². The number of phenolic OH excluding ortho intramolecular Hbond substituents is 2. The Kier molecular flexibility index (Phi) is 4.60. The van der Waals surface area contributed by atoms with Gasteiger partial charge in [0.2, 0.25) is 0 Å². The van der Waals surface area contributed by atoms with Crippen molar-refractivity contribution in [2.75, 3.05) is 7.11 Å². The number of aliphatic carboxylic acids is 1. The highest BCUT2D eigenvalue weighted by Crippen LogP contribution is 2.31. The molecule has 0 amide bonds. The number of methoxy groups -OCH3 is 1. The second-order valence-corrected chi connectivity index (χ2v) is 5.88. The summed E-state index contributed by atoms with van der Waals surface area (Å²) in [6, 6.07) is 8.21. The molecule has 0 aliphatic heterocycles. The van der Waals surface area contributed by atoms with Crippen molar-refractivity contribution in [3.05, 3.63) is 63.5 Å². The van der Waals surface area contributed by atoms with Crippen molar-refractivity contribution in [2.45, 2.75) is 6.92 Å². The lowest BCUT2D eigenvalue weighted by atomic mass is 10.0. The van der Waals surface area contributed by atoms with Crippen LogP contribution in [-0.4, -0.2) is 28.4 Å². The predicted molar refractivity (Wildman–Crippen MR) is 99.1 cm³/mol.